The second-order valence-electron chi connectivity index (χ2n) is 8.68. The Bertz CT molecular complexity index is 796. The van der Waals surface area contributed by atoms with E-state index in [2.05, 4.69) is 29.6 Å². The molecule has 28 heavy (non-hydrogen) atoms. The first kappa shape index (κ1) is 20.1. The molecule has 150 valence electrons. The third kappa shape index (κ3) is 3.92. The number of hydrogen-bond donors (Lipinski definition) is 1. The molecular formula is C24H29Cl2NO. The first-order valence-electron chi connectivity index (χ1n) is 10.5. The third-order valence-corrected chi connectivity index (χ3v) is 7.54. The van der Waals surface area contributed by atoms with Gasteiger partial charge >= 0.3 is 0 Å². The maximum atomic E-state index is 6.36. The van der Waals surface area contributed by atoms with Crippen molar-refractivity contribution in [2.75, 3.05) is 0 Å². The molecular weight excluding hydrogens is 389 g/mol. The highest BCUT2D eigenvalue weighted by Gasteiger charge is 2.53. The summed E-state index contributed by atoms with van der Waals surface area (Å²) in [7, 11) is 0. The number of nitrogens with one attached hydrogen (secondary N) is 1. The van der Waals surface area contributed by atoms with Crippen LogP contribution in [0.1, 0.15) is 43.2 Å². The SMILES string of the molecule is Cl.Clc1ccc(CNC2CC3CC2C2CCCC32)cc1OCc1ccccc1. The highest BCUT2D eigenvalue weighted by Crippen LogP contribution is 2.58. The fourth-order valence-corrected chi connectivity index (χ4v) is 6.23. The van der Waals surface area contributed by atoms with Crippen LogP contribution in [0.25, 0.3) is 0 Å². The van der Waals surface area contributed by atoms with Crippen molar-refractivity contribution in [3.63, 3.8) is 0 Å². The van der Waals surface area contributed by atoms with Crippen molar-refractivity contribution < 1.29 is 4.74 Å². The summed E-state index contributed by atoms with van der Waals surface area (Å²) in [5.41, 5.74) is 2.42. The van der Waals surface area contributed by atoms with Crippen LogP contribution < -0.4 is 10.1 Å². The Kier molecular flexibility index (Phi) is 6.20. The van der Waals surface area contributed by atoms with Crippen molar-refractivity contribution in [3.8, 4) is 5.75 Å². The summed E-state index contributed by atoms with van der Waals surface area (Å²) in [4.78, 5) is 0. The second-order valence-corrected chi connectivity index (χ2v) is 9.09. The molecule has 0 aliphatic heterocycles. The molecule has 1 N–H and O–H groups in total. The van der Waals surface area contributed by atoms with Crippen LogP contribution in [0.4, 0.5) is 0 Å². The quantitative estimate of drug-likeness (QED) is 0.598. The van der Waals surface area contributed by atoms with E-state index in [0.717, 1.165) is 41.5 Å². The van der Waals surface area contributed by atoms with Crippen LogP contribution in [-0.2, 0) is 13.2 Å². The molecule has 3 saturated carbocycles. The summed E-state index contributed by atoms with van der Waals surface area (Å²) < 4.78 is 5.98. The Morgan fingerprint density at radius 2 is 1.75 bits per heavy atom. The van der Waals surface area contributed by atoms with Crippen LogP contribution in [0.5, 0.6) is 5.75 Å². The fourth-order valence-electron chi connectivity index (χ4n) is 6.06. The van der Waals surface area contributed by atoms with Crippen LogP contribution in [0.15, 0.2) is 48.5 Å². The summed E-state index contributed by atoms with van der Waals surface area (Å²) in [6.45, 7) is 1.46. The normalized spacial score (nSPS) is 30.1. The van der Waals surface area contributed by atoms with Crippen molar-refractivity contribution in [3.05, 3.63) is 64.7 Å². The van der Waals surface area contributed by atoms with Crippen molar-refractivity contribution in [1.29, 1.82) is 0 Å². The van der Waals surface area contributed by atoms with Gasteiger partial charge in [-0.25, -0.2) is 0 Å². The molecule has 3 aliphatic rings. The molecule has 4 heteroatoms. The molecule has 2 bridgehead atoms. The van der Waals surface area contributed by atoms with Gasteiger partial charge in [0.1, 0.15) is 12.4 Å². The number of halogens is 2. The van der Waals surface area contributed by atoms with Crippen molar-refractivity contribution in [2.45, 2.75) is 51.3 Å². The zero-order valence-electron chi connectivity index (χ0n) is 16.1. The molecule has 0 spiro atoms. The van der Waals surface area contributed by atoms with Crippen LogP contribution in [0, 0.1) is 23.7 Å². The minimum absolute atomic E-state index is 0. The lowest BCUT2D eigenvalue weighted by Crippen LogP contribution is -2.38. The highest BCUT2D eigenvalue weighted by molar-refractivity contribution is 6.32. The van der Waals surface area contributed by atoms with E-state index in [1.165, 1.54) is 37.7 Å². The van der Waals surface area contributed by atoms with Gasteiger partial charge in [-0.1, -0.05) is 54.4 Å². The summed E-state index contributed by atoms with van der Waals surface area (Å²) in [5, 5.41) is 4.55. The summed E-state index contributed by atoms with van der Waals surface area (Å²) in [5.74, 6) is 4.76. The molecule has 2 aromatic carbocycles. The van der Waals surface area contributed by atoms with E-state index in [0.29, 0.717) is 17.7 Å². The van der Waals surface area contributed by atoms with E-state index in [9.17, 15) is 0 Å². The number of rotatable bonds is 6. The van der Waals surface area contributed by atoms with Crippen molar-refractivity contribution in [2.24, 2.45) is 23.7 Å². The van der Waals surface area contributed by atoms with Crippen LogP contribution in [0.2, 0.25) is 5.02 Å². The smallest absolute Gasteiger partial charge is 0.138 e. The zero-order chi connectivity index (χ0) is 18.2. The lowest BCUT2D eigenvalue weighted by Gasteiger charge is -2.32. The molecule has 3 fully saturated rings. The highest BCUT2D eigenvalue weighted by atomic mass is 35.5. The van der Waals surface area contributed by atoms with E-state index >= 15 is 0 Å². The predicted molar refractivity (Wildman–Crippen MR) is 117 cm³/mol. The Hall–Kier alpha value is -1.22. The van der Waals surface area contributed by atoms with Gasteiger partial charge in [-0.15, -0.1) is 12.4 Å². The standard InChI is InChI=1S/C24H28ClNO.ClH/c25-22-10-9-17(11-24(22)27-15-16-5-2-1-3-6-16)14-26-23-13-18-12-21(23)20-8-4-7-19(18)20;/h1-3,5-6,9-11,18-21,23,26H,4,7-8,12-15H2;1H. The molecule has 0 heterocycles. The van der Waals surface area contributed by atoms with Gasteiger partial charge in [0.25, 0.3) is 0 Å². The van der Waals surface area contributed by atoms with Gasteiger partial charge in [0.2, 0.25) is 0 Å². The molecule has 3 aliphatic carbocycles. The minimum atomic E-state index is 0. The number of hydrogen-bond acceptors (Lipinski definition) is 2. The van der Waals surface area contributed by atoms with Gasteiger partial charge in [-0.3, -0.25) is 0 Å². The average Bonchev–Trinajstić information content (AvgIpc) is 3.40. The van der Waals surface area contributed by atoms with E-state index in [-0.39, 0.29) is 12.4 Å². The second kappa shape index (κ2) is 8.65. The maximum Gasteiger partial charge on any atom is 0.138 e. The lowest BCUT2D eigenvalue weighted by atomic mass is 9.79. The number of benzene rings is 2. The van der Waals surface area contributed by atoms with Gasteiger partial charge in [0, 0.05) is 12.6 Å². The average molecular weight is 418 g/mol. The van der Waals surface area contributed by atoms with Gasteiger partial charge < -0.3 is 10.1 Å². The summed E-state index contributed by atoms with van der Waals surface area (Å²) in [6, 6.07) is 17.1. The largest absolute Gasteiger partial charge is 0.487 e. The lowest BCUT2D eigenvalue weighted by molar-refractivity contribution is 0.208. The molecule has 0 saturated heterocycles. The number of fused-ring (bicyclic) bond motifs is 5. The van der Waals surface area contributed by atoms with Gasteiger partial charge in [-0.05, 0) is 72.6 Å². The Morgan fingerprint density at radius 3 is 2.61 bits per heavy atom. The Morgan fingerprint density at radius 1 is 0.929 bits per heavy atom. The molecule has 5 rings (SSSR count). The first-order valence-corrected chi connectivity index (χ1v) is 10.8. The molecule has 2 aromatic rings. The Labute approximate surface area is 179 Å². The first-order chi connectivity index (χ1) is 13.3. The molecule has 2 nitrogen and oxygen atoms in total. The number of ether oxygens (including phenoxy) is 1. The van der Waals surface area contributed by atoms with E-state index in [4.69, 9.17) is 16.3 Å². The van der Waals surface area contributed by atoms with E-state index in [1.54, 1.807) is 0 Å². The summed E-state index contributed by atoms with van der Waals surface area (Å²) >= 11 is 6.36. The van der Waals surface area contributed by atoms with Gasteiger partial charge in [0.15, 0.2) is 0 Å². The van der Waals surface area contributed by atoms with Crippen LogP contribution in [0.3, 0.4) is 0 Å². The van der Waals surface area contributed by atoms with E-state index in [1.807, 2.05) is 24.3 Å². The minimum Gasteiger partial charge on any atom is -0.487 e. The van der Waals surface area contributed by atoms with Gasteiger partial charge in [0.05, 0.1) is 5.02 Å². The molecule has 0 radical (unpaired) electrons. The molecule has 0 amide bonds. The van der Waals surface area contributed by atoms with Crippen molar-refractivity contribution >= 4 is 24.0 Å². The van der Waals surface area contributed by atoms with Crippen LogP contribution in [-0.4, -0.2) is 6.04 Å². The predicted octanol–water partition coefficient (Wildman–Crippen LogP) is 6.26. The van der Waals surface area contributed by atoms with Crippen LogP contribution >= 0.6 is 24.0 Å². The molecule has 5 unspecified atom stereocenters. The maximum absolute atomic E-state index is 6.36. The third-order valence-electron chi connectivity index (χ3n) is 7.23. The van der Waals surface area contributed by atoms with Gasteiger partial charge in [-0.2, -0.15) is 0 Å². The Balaban J connectivity index is 0.00000192. The van der Waals surface area contributed by atoms with Crippen molar-refractivity contribution in [1.82, 2.24) is 5.32 Å². The van der Waals surface area contributed by atoms with E-state index < -0.39 is 0 Å². The summed E-state index contributed by atoms with van der Waals surface area (Å²) in [6.07, 6.45) is 7.30. The topological polar surface area (TPSA) is 21.3 Å². The molecule has 5 atom stereocenters. The zero-order valence-corrected chi connectivity index (χ0v) is 17.7. The fraction of sp³-hybridized carbons (Fsp3) is 0.500. The monoisotopic (exact) mass is 417 g/mol. The molecule has 0 aromatic heterocycles.